The molecule has 1 aromatic carbocycles. The molecule has 6 heteroatoms. The van der Waals surface area contributed by atoms with E-state index in [1.807, 2.05) is 13.8 Å². The van der Waals surface area contributed by atoms with E-state index < -0.39 is 5.41 Å². The van der Waals surface area contributed by atoms with E-state index >= 15 is 0 Å². The van der Waals surface area contributed by atoms with Crippen molar-refractivity contribution in [3.8, 4) is 5.75 Å². The van der Waals surface area contributed by atoms with Gasteiger partial charge in [0.05, 0.1) is 10.6 Å². The van der Waals surface area contributed by atoms with Crippen molar-refractivity contribution in [1.29, 1.82) is 0 Å². The van der Waals surface area contributed by atoms with E-state index in [1.54, 1.807) is 4.90 Å². The molecule has 1 saturated heterocycles. The van der Waals surface area contributed by atoms with Crippen LogP contribution in [0.1, 0.15) is 43.5 Å². The molecular weight excluding hydrogens is 316 g/mol. The average molecular weight is 339 g/mol. The number of nitrogens with zero attached hydrogens (tertiary/aromatic N) is 1. The number of hydrogen-bond acceptors (Lipinski definition) is 3. The molecule has 0 saturated carbocycles. The second kappa shape index (κ2) is 6.79. The Morgan fingerprint density at radius 2 is 2.13 bits per heavy atom. The van der Waals surface area contributed by atoms with Gasteiger partial charge in [0.2, 0.25) is 5.91 Å². The summed E-state index contributed by atoms with van der Waals surface area (Å²) in [6.07, 6.45) is 2.50. The molecule has 0 spiro atoms. The summed E-state index contributed by atoms with van der Waals surface area (Å²) in [5, 5.41) is 9.90. The minimum absolute atomic E-state index is 0.0150. The molecule has 1 aliphatic heterocycles. The normalized spacial score (nSPS) is 18.7. The summed E-state index contributed by atoms with van der Waals surface area (Å²) in [5.74, 6) is -0.267. The van der Waals surface area contributed by atoms with Crippen LogP contribution in [-0.2, 0) is 4.79 Å². The van der Waals surface area contributed by atoms with Crippen LogP contribution in [0, 0.1) is 11.3 Å². The second-order valence-corrected chi connectivity index (χ2v) is 7.28. The Kier molecular flexibility index (Phi) is 5.19. The molecule has 0 radical (unpaired) electrons. The van der Waals surface area contributed by atoms with Gasteiger partial charge >= 0.3 is 0 Å². The first kappa shape index (κ1) is 17.6. The van der Waals surface area contributed by atoms with Gasteiger partial charge in [-0.25, -0.2) is 0 Å². The highest BCUT2D eigenvalue weighted by atomic mass is 35.5. The molecule has 2 rings (SSSR count). The minimum Gasteiger partial charge on any atom is -0.508 e. The maximum absolute atomic E-state index is 12.7. The first-order chi connectivity index (χ1) is 10.7. The van der Waals surface area contributed by atoms with Crippen LogP contribution < -0.4 is 5.73 Å². The van der Waals surface area contributed by atoms with E-state index in [2.05, 4.69) is 0 Å². The summed E-state index contributed by atoms with van der Waals surface area (Å²) in [6.45, 7) is 4.89. The molecule has 3 N–H and O–H groups in total. The summed E-state index contributed by atoms with van der Waals surface area (Å²) in [6, 6.07) is 4.36. The van der Waals surface area contributed by atoms with Crippen LogP contribution in [0.4, 0.5) is 0 Å². The fraction of sp³-hybridized carbons (Fsp3) is 0.529. The molecule has 23 heavy (non-hydrogen) atoms. The lowest BCUT2D eigenvalue weighted by atomic mass is 9.79. The van der Waals surface area contributed by atoms with Gasteiger partial charge in [-0.15, -0.1) is 0 Å². The number of phenols is 1. The Hall–Kier alpha value is -1.75. The third-order valence-corrected chi connectivity index (χ3v) is 4.78. The van der Waals surface area contributed by atoms with Gasteiger partial charge in [-0.05, 0) is 43.4 Å². The Bertz CT molecular complexity index is 616. The van der Waals surface area contributed by atoms with Crippen LogP contribution in [0.25, 0.3) is 0 Å². The van der Waals surface area contributed by atoms with Crippen molar-refractivity contribution in [2.45, 2.75) is 33.1 Å². The third-order valence-electron chi connectivity index (χ3n) is 4.45. The number of carbonyl (C=O) groups is 2. The first-order valence-electron chi connectivity index (χ1n) is 7.78. The number of nitrogens with two attached hydrogens (primary N) is 1. The predicted molar refractivity (Wildman–Crippen MR) is 89.3 cm³/mol. The van der Waals surface area contributed by atoms with Crippen molar-refractivity contribution in [1.82, 2.24) is 4.90 Å². The Morgan fingerprint density at radius 3 is 2.78 bits per heavy atom. The predicted octanol–water partition coefficient (Wildman–Crippen LogP) is 2.80. The molecule has 126 valence electrons. The lowest BCUT2D eigenvalue weighted by Crippen LogP contribution is -2.43. The maximum atomic E-state index is 12.7. The number of hydrogen-bond donors (Lipinski definition) is 2. The van der Waals surface area contributed by atoms with E-state index in [9.17, 15) is 14.7 Å². The van der Waals surface area contributed by atoms with Crippen molar-refractivity contribution in [2.24, 2.45) is 17.1 Å². The van der Waals surface area contributed by atoms with Gasteiger partial charge in [0, 0.05) is 18.5 Å². The number of likely N-dealkylation sites (tertiary alicyclic amines) is 1. The summed E-state index contributed by atoms with van der Waals surface area (Å²) >= 11 is 6.07. The zero-order chi connectivity index (χ0) is 17.2. The number of primary amides is 1. The van der Waals surface area contributed by atoms with Gasteiger partial charge in [0.15, 0.2) is 0 Å². The van der Waals surface area contributed by atoms with Crippen LogP contribution in [-0.4, -0.2) is 34.9 Å². The van der Waals surface area contributed by atoms with Gasteiger partial charge in [0.1, 0.15) is 5.75 Å². The number of carbonyl (C=O) groups excluding carboxylic acids is 2. The number of rotatable bonds is 4. The van der Waals surface area contributed by atoms with Crippen molar-refractivity contribution in [2.75, 3.05) is 13.1 Å². The fourth-order valence-corrected chi connectivity index (χ4v) is 3.28. The lowest BCUT2D eigenvalue weighted by molar-refractivity contribution is -0.127. The summed E-state index contributed by atoms with van der Waals surface area (Å²) in [7, 11) is 0. The maximum Gasteiger partial charge on any atom is 0.255 e. The molecule has 1 aromatic rings. The van der Waals surface area contributed by atoms with E-state index in [1.165, 1.54) is 18.2 Å². The van der Waals surface area contributed by atoms with Gasteiger partial charge in [-0.1, -0.05) is 25.4 Å². The molecule has 1 atom stereocenters. The first-order valence-corrected chi connectivity index (χ1v) is 8.16. The van der Waals surface area contributed by atoms with Crippen molar-refractivity contribution >= 4 is 23.4 Å². The van der Waals surface area contributed by atoms with Crippen LogP contribution in [0.5, 0.6) is 5.75 Å². The Morgan fingerprint density at radius 1 is 1.43 bits per heavy atom. The Balaban J connectivity index is 2.10. The molecule has 1 heterocycles. The summed E-state index contributed by atoms with van der Waals surface area (Å²) < 4.78 is 0. The molecule has 0 bridgehead atoms. The van der Waals surface area contributed by atoms with Crippen LogP contribution in [0.3, 0.4) is 0 Å². The minimum atomic E-state index is -0.584. The molecule has 0 aliphatic carbocycles. The van der Waals surface area contributed by atoms with E-state index in [4.69, 9.17) is 17.3 Å². The van der Waals surface area contributed by atoms with Crippen LogP contribution >= 0.6 is 11.6 Å². The SMILES string of the molecule is CC(C)(C[C@H]1CCCN(C(=O)c2cc(O)ccc2Cl)C1)C(N)=O. The molecule has 5 nitrogen and oxygen atoms in total. The summed E-state index contributed by atoms with van der Waals surface area (Å²) in [5.41, 5.74) is 5.17. The van der Waals surface area contributed by atoms with Crippen LogP contribution in [0.15, 0.2) is 18.2 Å². The van der Waals surface area contributed by atoms with Crippen molar-refractivity contribution < 1.29 is 14.7 Å². The van der Waals surface area contributed by atoms with E-state index in [0.717, 1.165) is 12.8 Å². The van der Waals surface area contributed by atoms with Crippen molar-refractivity contribution in [3.05, 3.63) is 28.8 Å². The third kappa shape index (κ3) is 4.16. The topological polar surface area (TPSA) is 83.6 Å². The van der Waals surface area contributed by atoms with Gasteiger partial charge in [0.25, 0.3) is 5.91 Å². The van der Waals surface area contributed by atoms with E-state index in [0.29, 0.717) is 30.1 Å². The summed E-state index contributed by atoms with van der Waals surface area (Å²) in [4.78, 5) is 25.9. The van der Waals surface area contributed by atoms with Gasteiger partial charge in [-0.2, -0.15) is 0 Å². The zero-order valence-corrected chi connectivity index (χ0v) is 14.3. The Labute approximate surface area is 141 Å². The molecular formula is C17H23ClN2O3. The molecule has 0 unspecified atom stereocenters. The molecule has 1 aliphatic rings. The number of piperidine rings is 1. The smallest absolute Gasteiger partial charge is 0.255 e. The zero-order valence-electron chi connectivity index (χ0n) is 13.5. The van der Waals surface area contributed by atoms with Crippen molar-refractivity contribution in [3.63, 3.8) is 0 Å². The number of amides is 2. The second-order valence-electron chi connectivity index (χ2n) is 6.88. The number of phenolic OH excluding ortho intramolecular Hbond substituents is 1. The van der Waals surface area contributed by atoms with E-state index in [-0.39, 0.29) is 23.5 Å². The largest absolute Gasteiger partial charge is 0.508 e. The standard InChI is InChI=1S/C17H23ClN2O3/c1-17(2,16(19)23)9-11-4-3-7-20(10-11)15(22)13-8-12(21)5-6-14(13)18/h5-6,8,11,21H,3-4,7,9-10H2,1-2H3,(H2,19,23)/t11-/m1/s1. The highest BCUT2D eigenvalue weighted by Crippen LogP contribution is 2.32. The van der Waals surface area contributed by atoms with Gasteiger partial charge in [-0.3, -0.25) is 9.59 Å². The number of halogens is 1. The molecule has 1 fully saturated rings. The monoisotopic (exact) mass is 338 g/mol. The quantitative estimate of drug-likeness (QED) is 0.885. The highest BCUT2D eigenvalue weighted by molar-refractivity contribution is 6.33. The molecule has 2 amide bonds. The molecule has 0 aromatic heterocycles. The van der Waals surface area contributed by atoms with Gasteiger partial charge < -0.3 is 15.7 Å². The lowest BCUT2D eigenvalue weighted by Gasteiger charge is -2.36. The average Bonchev–Trinajstić information content (AvgIpc) is 2.48. The fourth-order valence-electron chi connectivity index (χ4n) is 3.09. The number of benzene rings is 1. The number of aromatic hydroxyl groups is 1. The van der Waals surface area contributed by atoms with Crippen LogP contribution in [0.2, 0.25) is 5.02 Å². The highest BCUT2D eigenvalue weighted by Gasteiger charge is 2.33.